The molecule has 0 atom stereocenters. The van der Waals surface area contributed by atoms with Gasteiger partial charge in [-0.15, -0.1) is 0 Å². The third kappa shape index (κ3) is 3.80. The zero-order valence-electron chi connectivity index (χ0n) is 11.2. The molecule has 2 aromatic carbocycles. The van der Waals surface area contributed by atoms with Crippen molar-refractivity contribution in [2.24, 2.45) is 0 Å². The van der Waals surface area contributed by atoms with Crippen LogP contribution in [0.15, 0.2) is 48.5 Å². The van der Waals surface area contributed by atoms with Gasteiger partial charge in [0, 0.05) is 16.4 Å². The van der Waals surface area contributed by atoms with E-state index < -0.39 is 0 Å². The summed E-state index contributed by atoms with van der Waals surface area (Å²) in [5.74, 6) is -0.0835. The average molecular weight is 381 g/mol. The lowest BCUT2D eigenvalue weighted by molar-refractivity contribution is 0.102. The third-order valence-electron chi connectivity index (χ3n) is 2.96. The minimum atomic E-state index is -0.0835. The molecule has 0 aromatic heterocycles. The maximum Gasteiger partial charge on any atom is 0.256 e. The number of anilines is 1. The van der Waals surface area contributed by atoms with Crippen molar-refractivity contribution in [2.45, 2.75) is 6.42 Å². The first-order chi connectivity index (χ1) is 9.72. The summed E-state index contributed by atoms with van der Waals surface area (Å²) in [6, 6.07) is 15.3. The molecule has 1 amide bonds. The zero-order valence-corrected chi connectivity index (χ0v) is 13.4. The van der Waals surface area contributed by atoms with Gasteiger partial charge in [0.2, 0.25) is 0 Å². The van der Waals surface area contributed by atoms with Gasteiger partial charge in [0.1, 0.15) is 0 Å². The van der Waals surface area contributed by atoms with E-state index in [0.717, 1.165) is 21.2 Å². The van der Waals surface area contributed by atoms with Gasteiger partial charge in [-0.1, -0.05) is 30.3 Å². The lowest BCUT2D eigenvalue weighted by Gasteiger charge is -2.11. The number of hydrogen-bond acceptors (Lipinski definition) is 2. The smallest absolute Gasteiger partial charge is 0.256 e. The maximum atomic E-state index is 12.3. The maximum absolute atomic E-state index is 12.3. The molecule has 0 fully saturated rings. The number of carbonyl (C=O) groups is 1. The molecule has 0 aliphatic carbocycles. The standard InChI is InChI=1S/C16H16INO2/c1-20-11-10-12-6-2-5-9-15(12)18-16(19)13-7-3-4-8-14(13)17/h2-9H,10-11H2,1H3,(H,18,19). The highest BCUT2D eigenvalue weighted by molar-refractivity contribution is 14.1. The van der Waals surface area contributed by atoms with Gasteiger partial charge in [-0.25, -0.2) is 0 Å². The second-order valence-corrected chi connectivity index (χ2v) is 5.50. The second kappa shape index (κ2) is 7.40. The lowest BCUT2D eigenvalue weighted by atomic mass is 10.1. The summed E-state index contributed by atoms with van der Waals surface area (Å²) in [5.41, 5.74) is 2.61. The van der Waals surface area contributed by atoms with Gasteiger partial charge in [-0.05, 0) is 52.8 Å². The first-order valence-corrected chi connectivity index (χ1v) is 7.43. The Morgan fingerprint density at radius 1 is 1.15 bits per heavy atom. The molecule has 0 aliphatic heterocycles. The molecule has 0 radical (unpaired) electrons. The highest BCUT2D eigenvalue weighted by Gasteiger charge is 2.11. The Balaban J connectivity index is 2.18. The van der Waals surface area contributed by atoms with Crippen molar-refractivity contribution < 1.29 is 9.53 Å². The minimum absolute atomic E-state index is 0.0835. The van der Waals surface area contributed by atoms with E-state index in [4.69, 9.17) is 4.74 Å². The van der Waals surface area contributed by atoms with Crippen LogP contribution in [0.1, 0.15) is 15.9 Å². The van der Waals surface area contributed by atoms with Crippen LogP contribution in [0.4, 0.5) is 5.69 Å². The monoisotopic (exact) mass is 381 g/mol. The fourth-order valence-electron chi connectivity index (χ4n) is 1.91. The highest BCUT2D eigenvalue weighted by Crippen LogP contribution is 2.18. The summed E-state index contributed by atoms with van der Waals surface area (Å²) < 4.78 is 6.04. The average Bonchev–Trinajstić information content (AvgIpc) is 2.46. The molecule has 0 heterocycles. The van der Waals surface area contributed by atoms with Gasteiger partial charge in [0.15, 0.2) is 0 Å². The van der Waals surface area contributed by atoms with Crippen LogP contribution in [0.2, 0.25) is 0 Å². The summed E-state index contributed by atoms with van der Waals surface area (Å²) in [7, 11) is 1.67. The lowest BCUT2D eigenvalue weighted by Crippen LogP contribution is -2.15. The molecular weight excluding hydrogens is 365 g/mol. The van der Waals surface area contributed by atoms with Gasteiger partial charge in [-0.3, -0.25) is 4.79 Å². The molecule has 20 heavy (non-hydrogen) atoms. The second-order valence-electron chi connectivity index (χ2n) is 4.33. The van der Waals surface area contributed by atoms with E-state index in [1.807, 2.05) is 48.5 Å². The van der Waals surface area contributed by atoms with Gasteiger partial charge >= 0.3 is 0 Å². The van der Waals surface area contributed by atoms with Crippen LogP contribution in [0.5, 0.6) is 0 Å². The Morgan fingerprint density at radius 2 is 1.85 bits per heavy atom. The first kappa shape index (κ1) is 15.0. The SMILES string of the molecule is COCCc1ccccc1NC(=O)c1ccccc1I. The molecule has 0 saturated heterocycles. The Labute approximate surface area is 132 Å². The van der Waals surface area contributed by atoms with Crippen molar-refractivity contribution in [1.82, 2.24) is 0 Å². The van der Waals surface area contributed by atoms with Crippen LogP contribution in [0.25, 0.3) is 0 Å². The van der Waals surface area contributed by atoms with Crippen LogP contribution in [0.3, 0.4) is 0 Å². The van der Waals surface area contributed by atoms with Gasteiger partial charge in [-0.2, -0.15) is 0 Å². The Bertz CT molecular complexity index is 599. The molecule has 2 aromatic rings. The van der Waals surface area contributed by atoms with Crippen LogP contribution in [0, 0.1) is 3.57 Å². The van der Waals surface area contributed by atoms with E-state index in [1.54, 1.807) is 7.11 Å². The zero-order chi connectivity index (χ0) is 14.4. The van der Waals surface area contributed by atoms with Crippen molar-refractivity contribution in [3.8, 4) is 0 Å². The number of amides is 1. The van der Waals surface area contributed by atoms with E-state index >= 15 is 0 Å². The molecule has 104 valence electrons. The number of hydrogen-bond donors (Lipinski definition) is 1. The number of nitrogens with one attached hydrogen (secondary N) is 1. The molecule has 0 aliphatic rings. The molecular formula is C16H16INO2. The Morgan fingerprint density at radius 3 is 2.60 bits per heavy atom. The number of para-hydroxylation sites is 1. The number of halogens is 1. The largest absolute Gasteiger partial charge is 0.384 e. The van der Waals surface area contributed by atoms with Crippen molar-refractivity contribution in [3.05, 3.63) is 63.2 Å². The van der Waals surface area contributed by atoms with Crippen molar-refractivity contribution in [1.29, 1.82) is 0 Å². The van der Waals surface area contributed by atoms with E-state index in [2.05, 4.69) is 27.9 Å². The van der Waals surface area contributed by atoms with E-state index in [1.165, 1.54) is 0 Å². The third-order valence-corrected chi connectivity index (χ3v) is 3.90. The van der Waals surface area contributed by atoms with Crippen LogP contribution in [-0.4, -0.2) is 19.6 Å². The van der Waals surface area contributed by atoms with E-state index in [9.17, 15) is 4.79 Å². The normalized spacial score (nSPS) is 10.3. The molecule has 3 nitrogen and oxygen atoms in total. The number of methoxy groups -OCH3 is 1. The first-order valence-electron chi connectivity index (χ1n) is 6.35. The summed E-state index contributed by atoms with van der Waals surface area (Å²) >= 11 is 2.17. The molecule has 0 bridgehead atoms. The van der Waals surface area contributed by atoms with Gasteiger partial charge < -0.3 is 10.1 Å². The summed E-state index contributed by atoms with van der Waals surface area (Å²) in [5, 5.41) is 2.98. The molecule has 0 spiro atoms. The van der Waals surface area contributed by atoms with Crippen LogP contribution >= 0.6 is 22.6 Å². The summed E-state index contributed by atoms with van der Waals surface area (Å²) in [6.45, 7) is 0.635. The fraction of sp³-hybridized carbons (Fsp3) is 0.188. The van der Waals surface area contributed by atoms with Crippen molar-refractivity contribution >= 4 is 34.2 Å². The van der Waals surface area contributed by atoms with E-state index in [0.29, 0.717) is 12.2 Å². The quantitative estimate of drug-likeness (QED) is 0.802. The van der Waals surface area contributed by atoms with E-state index in [-0.39, 0.29) is 5.91 Å². The summed E-state index contributed by atoms with van der Waals surface area (Å²) in [4.78, 5) is 12.3. The highest BCUT2D eigenvalue weighted by atomic mass is 127. The topological polar surface area (TPSA) is 38.3 Å². The molecule has 2 rings (SSSR count). The van der Waals surface area contributed by atoms with Gasteiger partial charge in [0.05, 0.1) is 12.2 Å². The van der Waals surface area contributed by atoms with Crippen molar-refractivity contribution in [2.75, 3.05) is 19.0 Å². The summed E-state index contributed by atoms with van der Waals surface area (Å²) in [6.07, 6.45) is 0.777. The van der Waals surface area contributed by atoms with Gasteiger partial charge in [0.25, 0.3) is 5.91 Å². The number of ether oxygens (including phenoxy) is 1. The number of benzene rings is 2. The Hall–Kier alpha value is -1.40. The molecule has 0 saturated carbocycles. The minimum Gasteiger partial charge on any atom is -0.384 e. The Kier molecular flexibility index (Phi) is 5.55. The molecule has 4 heteroatoms. The van der Waals surface area contributed by atoms with Crippen molar-refractivity contribution in [3.63, 3.8) is 0 Å². The molecule has 0 unspecified atom stereocenters. The van der Waals surface area contributed by atoms with Crippen LogP contribution in [-0.2, 0) is 11.2 Å². The predicted octanol–water partition coefficient (Wildman–Crippen LogP) is 3.73. The number of rotatable bonds is 5. The number of carbonyl (C=O) groups excluding carboxylic acids is 1. The van der Waals surface area contributed by atoms with Crippen LogP contribution < -0.4 is 5.32 Å². The predicted molar refractivity (Wildman–Crippen MR) is 89.1 cm³/mol. The fourth-order valence-corrected chi connectivity index (χ4v) is 2.54. The molecule has 1 N–H and O–H groups in total.